The summed E-state index contributed by atoms with van der Waals surface area (Å²) in [5.74, 6) is 4.75. The van der Waals surface area contributed by atoms with Crippen molar-refractivity contribution in [1.29, 1.82) is 0 Å². The molecule has 0 saturated carbocycles. The normalized spacial score (nSPS) is 9.55. The van der Waals surface area contributed by atoms with Gasteiger partial charge in [0.25, 0.3) is 5.91 Å². The molecule has 0 spiro atoms. The van der Waals surface area contributed by atoms with Gasteiger partial charge in [-0.25, -0.2) is 0 Å². The molecule has 0 unspecified atom stereocenters. The Morgan fingerprint density at radius 2 is 2.25 bits per heavy atom. The lowest BCUT2D eigenvalue weighted by Gasteiger charge is -2.15. The third-order valence-electron chi connectivity index (χ3n) is 2.46. The minimum atomic E-state index is -0.321. The molecule has 108 valence electrons. The highest BCUT2D eigenvalue weighted by molar-refractivity contribution is 7.12. The predicted molar refractivity (Wildman–Crippen MR) is 76.5 cm³/mol. The largest absolute Gasteiger partial charge is 0.466 e. The third-order valence-corrected chi connectivity index (χ3v) is 3.37. The van der Waals surface area contributed by atoms with Crippen LogP contribution in [0.2, 0.25) is 0 Å². The van der Waals surface area contributed by atoms with Crippen LogP contribution in [0.15, 0.2) is 11.4 Å². The Balaban J connectivity index is 2.65. The van der Waals surface area contributed by atoms with Crippen molar-refractivity contribution in [3.63, 3.8) is 0 Å². The van der Waals surface area contributed by atoms with Crippen LogP contribution in [0.1, 0.15) is 28.6 Å². The van der Waals surface area contributed by atoms with Crippen molar-refractivity contribution in [2.45, 2.75) is 13.3 Å². The molecule has 1 N–H and O–H groups in total. The second-order valence-corrected chi connectivity index (χ2v) is 4.82. The summed E-state index contributed by atoms with van der Waals surface area (Å²) in [6, 6.07) is 1.74. The van der Waals surface area contributed by atoms with Gasteiger partial charge in [-0.2, -0.15) is 0 Å². The van der Waals surface area contributed by atoms with E-state index in [0.717, 1.165) is 0 Å². The van der Waals surface area contributed by atoms with Gasteiger partial charge in [-0.3, -0.25) is 9.59 Å². The zero-order chi connectivity index (χ0) is 15.0. The van der Waals surface area contributed by atoms with E-state index in [4.69, 9.17) is 9.84 Å². The Bertz CT molecular complexity index is 527. The van der Waals surface area contributed by atoms with Crippen molar-refractivity contribution in [2.24, 2.45) is 0 Å². The molecule has 20 heavy (non-hydrogen) atoms. The number of ether oxygens (including phenoxy) is 1. The number of aliphatic hydroxyl groups is 1. The van der Waals surface area contributed by atoms with E-state index in [1.54, 1.807) is 25.4 Å². The number of nitrogens with zero attached hydrogens (tertiary/aromatic N) is 1. The number of thiophene rings is 1. The topological polar surface area (TPSA) is 66.8 Å². The molecule has 5 nitrogen and oxygen atoms in total. The summed E-state index contributed by atoms with van der Waals surface area (Å²) in [6.07, 6.45) is 0.166. The van der Waals surface area contributed by atoms with Gasteiger partial charge >= 0.3 is 5.97 Å². The highest BCUT2D eigenvalue weighted by Crippen LogP contribution is 2.17. The summed E-state index contributed by atoms with van der Waals surface area (Å²) in [5.41, 5.74) is 0.594. The van der Waals surface area contributed by atoms with Gasteiger partial charge in [-0.05, 0) is 18.4 Å². The summed E-state index contributed by atoms with van der Waals surface area (Å²) >= 11 is 1.29. The Labute approximate surface area is 122 Å². The smallest absolute Gasteiger partial charge is 0.307 e. The maximum atomic E-state index is 12.2. The fourth-order valence-corrected chi connectivity index (χ4v) is 2.32. The number of hydrogen-bond donors (Lipinski definition) is 1. The number of aliphatic hydroxyl groups excluding tert-OH is 1. The summed E-state index contributed by atoms with van der Waals surface area (Å²) in [5, 5.41) is 10.5. The zero-order valence-electron chi connectivity index (χ0n) is 11.5. The maximum absolute atomic E-state index is 12.2. The van der Waals surface area contributed by atoms with Gasteiger partial charge in [0.2, 0.25) is 0 Å². The molecule has 1 amide bonds. The number of rotatable bonds is 5. The molecule has 1 aromatic heterocycles. The van der Waals surface area contributed by atoms with Crippen molar-refractivity contribution < 1.29 is 19.4 Å². The van der Waals surface area contributed by atoms with Gasteiger partial charge in [-0.15, -0.1) is 11.3 Å². The molecule has 1 rings (SSSR count). The van der Waals surface area contributed by atoms with Gasteiger partial charge in [0.1, 0.15) is 11.5 Å². The van der Waals surface area contributed by atoms with E-state index in [2.05, 4.69) is 11.8 Å². The second-order valence-electron chi connectivity index (χ2n) is 3.91. The first-order valence-electron chi connectivity index (χ1n) is 6.18. The lowest BCUT2D eigenvalue weighted by Crippen LogP contribution is -2.29. The molecule has 0 atom stereocenters. The van der Waals surface area contributed by atoms with Crippen LogP contribution in [0.4, 0.5) is 0 Å². The van der Waals surface area contributed by atoms with E-state index < -0.39 is 0 Å². The van der Waals surface area contributed by atoms with Crippen LogP contribution in [-0.4, -0.2) is 48.7 Å². The molecule has 6 heteroatoms. The van der Waals surface area contributed by atoms with Crippen LogP contribution < -0.4 is 0 Å². The SMILES string of the molecule is CCOC(=O)CCN(C)C(=O)c1sccc1C#CCO. The van der Waals surface area contributed by atoms with Gasteiger partial charge in [0, 0.05) is 19.2 Å². The number of carbonyl (C=O) groups is 2. The summed E-state index contributed by atoms with van der Waals surface area (Å²) in [7, 11) is 1.63. The van der Waals surface area contributed by atoms with E-state index >= 15 is 0 Å². The zero-order valence-corrected chi connectivity index (χ0v) is 12.3. The number of amides is 1. The van der Waals surface area contributed by atoms with Gasteiger partial charge in [0.15, 0.2) is 0 Å². The monoisotopic (exact) mass is 295 g/mol. The van der Waals surface area contributed by atoms with Crippen molar-refractivity contribution >= 4 is 23.2 Å². The van der Waals surface area contributed by atoms with Crippen molar-refractivity contribution in [3.05, 3.63) is 21.9 Å². The van der Waals surface area contributed by atoms with Crippen molar-refractivity contribution in [2.75, 3.05) is 26.8 Å². The van der Waals surface area contributed by atoms with E-state index in [1.807, 2.05) is 0 Å². The number of esters is 1. The lowest BCUT2D eigenvalue weighted by atomic mass is 10.2. The summed E-state index contributed by atoms with van der Waals surface area (Å²) in [4.78, 5) is 25.4. The molecule has 0 saturated heterocycles. The van der Waals surface area contributed by atoms with Gasteiger partial charge in [-0.1, -0.05) is 11.8 Å². The average Bonchev–Trinajstić information content (AvgIpc) is 2.90. The Morgan fingerprint density at radius 1 is 1.50 bits per heavy atom. The first-order valence-corrected chi connectivity index (χ1v) is 7.06. The number of hydrogen-bond acceptors (Lipinski definition) is 5. The Kier molecular flexibility index (Phi) is 6.77. The quantitative estimate of drug-likeness (QED) is 0.653. The van der Waals surface area contributed by atoms with Crippen LogP contribution in [-0.2, 0) is 9.53 Å². The highest BCUT2D eigenvalue weighted by atomic mass is 32.1. The predicted octanol–water partition coefficient (Wildman–Crippen LogP) is 1.12. The first-order chi connectivity index (χ1) is 9.60. The van der Waals surface area contributed by atoms with Crippen LogP contribution in [0.5, 0.6) is 0 Å². The summed E-state index contributed by atoms with van der Waals surface area (Å²) in [6.45, 7) is 2.12. The van der Waals surface area contributed by atoms with Crippen LogP contribution in [0, 0.1) is 11.8 Å². The first kappa shape index (κ1) is 16.2. The molecule has 0 radical (unpaired) electrons. The molecule has 0 aliphatic carbocycles. The fraction of sp³-hybridized carbons (Fsp3) is 0.429. The van der Waals surface area contributed by atoms with E-state index in [9.17, 15) is 9.59 Å². The lowest BCUT2D eigenvalue weighted by molar-refractivity contribution is -0.143. The van der Waals surface area contributed by atoms with Crippen LogP contribution >= 0.6 is 11.3 Å². The molecule has 0 aromatic carbocycles. The van der Waals surface area contributed by atoms with Crippen molar-refractivity contribution in [3.8, 4) is 11.8 Å². The summed E-state index contributed by atoms with van der Waals surface area (Å²) < 4.78 is 4.82. The molecular formula is C14H17NO4S. The van der Waals surface area contributed by atoms with E-state index in [0.29, 0.717) is 23.6 Å². The maximum Gasteiger partial charge on any atom is 0.307 e. The third kappa shape index (κ3) is 4.68. The fourth-order valence-electron chi connectivity index (χ4n) is 1.48. The highest BCUT2D eigenvalue weighted by Gasteiger charge is 2.17. The van der Waals surface area contributed by atoms with Crippen LogP contribution in [0.25, 0.3) is 0 Å². The molecule has 0 aliphatic heterocycles. The molecule has 1 heterocycles. The van der Waals surface area contributed by atoms with E-state index in [-0.39, 0.29) is 24.9 Å². The second kappa shape index (κ2) is 8.35. The molecule has 0 fully saturated rings. The molecule has 0 aliphatic rings. The molecule has 1 aromatic rings. The van der Waals surface area contributed by atoms with Gasteiger partial charge in [0.05, 0.1) is 13.0 Å². The van der Waals surface area contributed by atoms with Crippen LogP contribution in [0.3, 0.4) is 0 Å². The number of carbonyl (C=O) groups excluding carboxylic acids is 2. The molecular weight excluding hydrogens is 278 g/mol. The van der Waals surface area contributed by atoms with E-state index in [1.165, 1.54) is 16.2 Å². The minimum Gasteiger partial charge on any atom is -0.466 e. The molecule has 0 bridgehead atoms. The van der Waals surface area contributed by atoms with Gasteiger partial charge < -0.3 is 14.7 Å². The Morgan fingerprint density at radius 3 is 2.90 bits per heavy atom. The minimum absolute atomic E-state index is 0.166. The Hall–Kier alpha value is -1.84. The average molecular weight is 295 g/mol. The standard InChI is InChI=1S/C14H17NO4S/c1-3-19-12(17)6-8-15(2)14(18)13-11(5-4-9-16)7-10-20-13/h7,10,16H,3,6,8-9H2,1-2H3. The van der Waals surface area contributed by atoms with Crippen molar-refractivity contribution in [1.82, 2.24) is 4.90 Å².